The molecule has 0 radical (unpaired) electrons. The van der Waals surface area contributed by atoms with Crippen LogP contribution in [0.3, 0.4) is 0 Å². The summed E-state index contributed by atoms with van der Waals surface area (Å²) < 4.78 is 39.6. The van der Waals surface area contributed by atoms with Crippen molar-refractivity contribution in [3.63, 3.8) is 0 Å². The van der Waals surface area contributed by atoms with Crippen LogP contribution < -0.4 is 5.32 Å². The van der Waals surface area contributed by atoms with E-state index in [1.807, 2.05) is 12.1 Å². The zero-order valence-corrected chi connectivity index (χ0v) is 15.3. The zero-order chi connectivity index (χ0) is 18.0. The molecule has 25 heavy (non-hydrogen) atoms. The fourth-order valence-electron chi connectivity index (χ4n) is 3.39. The van der Waals surface area contributed by atoms with Gasteiger partial charge < -0.3 is 14.8 Å². The maximum atomic E-state index is 13.0. The summed E-state index contributed by atoms with van der Waals surface area (Å²) in [5, 5.41) is 4.13. The second-order valence-electron chi connectivity index (χ2n) is 6.45. The van der Waals surface area contributed by atoms with Crippen LogP contribution in [0, 0.1) is 11.8 Å². The van der Waals surface area contributed by atoms with E-state index in [0.717, 1.165) is 31.6 Å². The van der Waals surface area contributed by atoms with E-state index in [-0.39, 0.29) is 0 Å². The second kappa shape index (κ2) is 7.69. The van der Waals surface area contributed by atoms with Crippen molar-refractivity contribution < 1.29 is 13.3 Å². The van der Waals surface area contributed by atoms with Gasteiger partial charge in [0.2, 0.25) is 16.0 Å². The average molecular weight is 364 g/mol. The third-order valence-electron chi connectivity index (χ3n) is 4.66. The number of piperidine rings is 1. The van der Waals surface area contributed by atoms with Crippen LogP contribution in [0.25, 0.3) is 10.1 Å². The molecule has 3 nitrogen and oxygen atoms in total. The highest BCUT2D eigenvalue weighted by Gasteiger charge is 2.27. The van der Waals surface area contributed by atoms with Crippen LogP contribution in [-0.4, -0.2) is 42.1 Å². The van der Waals surface area contributed by atoms with Gasteiger partial charge in [-0.3, -0.25) is 0 Å². The first kappa shape index (κ1) is 18.1. The molecule has 1 unspecified atom stereocenters. The van der Waals surface area contributed by atoms with Crippen molar-refractivity contribution in [2.75, 3.05) is 25.5 Å². The molecule has 2 heterocycles. The molecule has 1 N–H and O–H groups in total. The number of benzene rings is 1. The highest BCUT2D eigenvalue weighted by Crippen LogP contribution is 2.43. The molecular formula is C19H22F2N2OS. The quantitative estimate of drug-likeness (QED) is 0.651. The number of likely N-dealkylation sites (tertiary alicyclic amines) is 1. The fourth-order valence-corrected chi connectivity index (χ4v) is 4.92. The van der Waals surface area contributed by atoms with Gasteiger partial charge in [-0.1, -0.05) is 12.0 Å². The second-order valence-corrected chi connectivity index (χ2v) is 7.80. The molecule has 0 bridgehead atoms. The Hall–Kier alpha value is -1.68. The molecule has 134 valence electrons. The van der Waals surface area contributed by atoms with Gasteiger partial charge in [-0.05, 0) is 68.7 Å². The minimum atomic E-state index is -2.49. The van der Waals surface area contributed by atoms with Crippen LogP contribution in [0.5, 0.6) is 0 Å². The van der Waals surface area contributed by atoms with Gasteiger partial charge in [0.1, 0.15) is 0 Å². The summed E-state index contributed by atoms with van der Waals surface area (Å²) >= 11 is 0. The monoisotopic (exact) mass is 364 g/mol. The van der Waals surface area contributed by atoms with E-state index in [0.29, 0.717) is 26.6 Å². The number of nitrogens with zero attached hydrogens (tertiary/aromatic N) is 1. The summed E-state index contributed by atoms with van der Waals surface area (Å²) in [4.78, 5) is 2.61. The maximum absolute atomic E-state index is 13.0. The first-order chi connectivity index (χ1) is 12.0. The van der Waals surface area contributed by atoms with Crippen LogP contribution >= 0.6 is 10.8 Å². The average Bonchev–Trinajstić information content (AvgIpc) is 2.83. The van der Waals surface area contributed by atoms with E-state index in [2.05, 4.69) is 29.1 Å². The summed E-state index contributed by atoms with van der Waals surface area (Å²) in [6, 6.07) is 5.80. The minimum absolute atomic E-state index is 0.305. The Bertz CT molecular complexity index is 814. The summed E-state index contributed by atoms with van der Waals surface area (Å²) in [5.74, 6) is 5.51. The topological polar surface area (TPSA) is 38.3 Å². The highest BCUT2D eigenvalue weighted by molar-refractivity contribution is 7.32. The smallest absolute Gasteiger partial charge is 0.242 e. The first-order valence-corrected chi connectivity index (χ1v) is 9.60. The summed E-state index contributed by atoms with van der Waals surface area (Å²) in [6.45, 7) is 3.65. The Labute approximate surface area is 149 Å². The Morgan fingerprint density at radius 3 is 2.72 bits per heavy atom. The van der Waals surface area contributed by atoms with Crippen LogP contribution in [0.1, 0.15) is 30.2 Å². The molecule has 1 fully saturated rings. The van der Waals surface area contributed by atoms with Crippen LogP contribution in [0.15, 0.2) is 18.2 Å². The van der Waals surface area contributed by atoms with Crippen molar-refractivity contribution in [3.05, 3.63) is 28.6 Å². The Morgan fingerprint density at radius 2 is 2.08 bits per heavy atom. The predicted molar refractivity (Wildman–Crippen MR) is 99.0 cm³/mol. The number of nitrogens with one attached hydrogen (secondary N) is 1. The van der Waals surface area contributed by atoms with Crippen molar-refractivity contribution in [2.45, 2.75) is 38.7 Å². The number of halogens is 2. The fraction of sp³-hybridized carbons (Fsp3) is 0.474. The predicted octanol–water partition coefficient (Wildman–Crippen LogP) is 4.25. The normalized spacial score (nSPS) is 17.0. The molecule has 0 amide bonds. The van der Waals surface area contributed by atoms with Gasteiger partial charge in [-0.2, -0.15) is 0 Å². The lowest BCUT2D eigenvalue weighted by Gasteiger charge is -2.30. The van der Waals surface area contributed by atoms with Crippen molar-refractivity contribution in [1.82, 2.24) is 4.90 Å². The van der Waals surface area contributed by atoms with E-state index >= 15 is 0 Å². The van der Waals surface area contributed by atoms with E-state index < -0.39 is 23.6 Å². The molecule has 0 spiro atoms. The van der Waals surface area contributed by atoms with Crippen molar-refractivity contribution >= 4 is 26.5 Å². The molecule has 1 aromatic carbocycles. The third kappa shape index (κ3) is 3.79. The molecular weight excluding hydrogens is 342 g/mol. The number of anilines is 1. The van der Waals surface area contributed by atoms with Gasteiger partial charge in [-0.15, -0.1) is 0 Å². The van der Waals surface area contributed by atoms with E-state index in [1.54, 1.807) is 13.0 Å². The van der Waals surface area contributed by atoms with Gasteiger partial charge in [-0.25, -0.2) is 8.78 Å². The van der Waals surface area contributed by atoms with Crippen LogP contribution in [0.2, 0.25) is 0 Å². The standard InChI is InChI=1S/C19H22F2N2OS/c1-3-5-17-15(12-18(20)21)14-6-4-7-16(19(14)25(17)24)22-13-8-10-23(2)11-9-13/h4,6-7,13,18,22H,8-12H2,1-2H3. The lowest BCUT2D eigenvalue weighted by molar-refractivity contribution is 0.149. The summed E-state index contributed by atoms with van der Waals surface area (Å²) in [5.41, 5.74) is 1.20. The lowest BCUT2D eigenvalue weighted by atomic mass is 10.0. The summed E-state index contributed by atoms with van der Waals surface area (Å²) in [7, 11) is 0.594. The number of fused-ring (bicyclic) bond motifs is 1. The van der Waals surface area contributed by atoms with Crippen LogP contribution in [-0.2, 0) is 6.42 Å². The van der Waals surface area contributed by atoms with E-state index in [1.165, 1.54) is 0 Å². The number of hydrogen-bond acceptors (Lipinski definition) is 3. The molecule has 6 heteroatoms. The summed E-state index contributed by atoms with van der Waals surface area (Å²) in [6.07, 6.45) is -0.894. The van der Waals surface area contributed by atoms with Gasteiger partial charge in [0, 0.05) is 23.4 Å². The molecule has 2 aromatic rings. The molecule has 1 aromatic heterocycles. The third-order valence-corrected chi connectivity index (χ3v) is 6.19. The molecule has 0 aliphatic carbocycles. The molecule has 3 rings (SSSR count). The minimum Gasteiger partial charge on any atom is -0.589 e. The molecule has 1 atom stereocenters. The van der Waals surface area contributed by atoms with Crippen molar-refractivity contribution in [1.29, 1.82) is 0 Å². The van der Waals surface area contributed by atoms with Gasteiger partial charge in [0.25, 0.3) is 0 Å². The first-order valence-electron chi connectivity index (χ1n) is 8.45. The van der Waals surface area contributed by atoms with Gasteiger partial charge in [0.15, 0.2) is 0 Å². The number of rotatable bonds is 4. The number of thiophene rings is 1. The maximum Gasteiger partial charge on any atom is 0.242 e. The molecule has 1 aliphatic heterocycles. The van der Waals surface area contributed by atoms with Gasteiger partial charge in [0.05, 0.1) is 5.69 Å². The Kier molecular flexibility index (Phi) is 5.57. The zero-order valence-electron chi connectivity index (χ0n) is 14.4. The Morgan fingerprint density at radius 1 is 1.36 bits per heavy atom. The Balaban J connectivity index is 2.03. The largest absolute Gasteiger partial charge is 0.589 e. The molecule has 0 saturated carbocycles. The van der Waals surface area contributed by atoms with Crippen LogP contribution in [0.4, 0.5) is 14.5 Å². The van der Waals surface area contributed by atoms with E-state index in [9.17, 15) is 13.3 Å². The highest BCUT2D eigenvalue weighted by atomic mass is 32.2. The molecule has 1 saturated heterocycles. The SMILES string of the molecule is CC#Cc1c(CC(F)F)c2cccc(NC3CCN(C)CC3)c2[s+]1[O-]. The van der Waals surface area contributed by atoms with E-state index in [4.69, 9.17) is 0 Å². The lowest BCUT2D eigenvalue weighted by Crippen LogP contribution is -2.36. The van der Waals surface area contributed by atoms with Gasteiger partial charge >= 0.3 is 0 Å². The van der Waals surface area contributed by atoms with Crippen molar-refractivity contribution in [3.8, 4) is 11.8 Å². The molecule has 1 aliphatic rings. The van der Waals surface area contributed by atoms with Crippen molar-refractivity contribution in [2.24, 2.45) is 0 Å². The number of alkyl halides is 2. The number of hydrogen-bond donors (Lipinski definition) is 1.